The molecule has 5 heteroatoms. The number of nitrogens with zero attached hydrogens (tertiary/aromatic N) is 3. The van der Waals surface area contributed by atoms with Gasteiger partial charge >= 0.3 is 0 Å². The summed E-state index contributed by atoms with van der Waals surface area (Å²) in [5, 5.41) is 9.99. The normalized spacial score (nSPS) is 24.6. The van der Waals surface area contributed by atoms with Gasteiger partial charge in [-0.2, -0.15) is 0 Å². The minimum atomic E-state index is 0.0157. The molecule has 1 atom stereocenters. The molecule has 0 saturated carbocycles. The van der Waals surface area contributed by atoms with E-state index in [0.29, 0.717) is 6.10 Å². The van der Waals surface area contributed by atoms with Crippen molar-refractivity contribution in [2.75, 3.05) is 31.2 Å². The van der Waals surface area contributed by atoms with Gasteiger partial charge in [0.25, 0.3) is 0 Å². The lowest BCUT2D eigenvalue weighted by molar-refractivity contribution is -0.0355. The molecule has 1 aromatic rings. The lowest BCUT2D eigenvalue weighted by atomic mass is 9.74. The monoisotopic (exact) mass is 319 g/mol. The topological polar surface area (TPSA) is 58.5 Å². The van der Waals surface area contributed by atoms with Gasteiger partial charge in [0.2, 0.25) is 5.95 Å². The van der Waals surface area contributed by atoms with Crippen LogP contribution in [0.1, 0.15) is 51.0 Å². The molecule has 3 rings (SSSR count). The molecule has 2 aliphatic heterocycles. The van der Waals surface area contributed by atoms with Gasteiger partial charge in [0, 0.05) is 38.7 Å². The highest BCUT2D eigenvalue weighted by atomic mass is 16.5. The molecule has 0 aromatic carbocycles. The van der Waals surface area contributed by atoms with E-state index in [2.05, 4.69) is 21.8 Å². The lowest BCUT2D eigenvalue weighted by Crippen LogP contribution is -2.45. The van der Waals surface area contributed by atoms with E-state index in [-0.39, 0.29) is 12.0 Å². The fourth-order valence-corrected chi connectivity index (χ4v) is 3.75. The predicted octanol–water partition coefficient (Wildman–Crippen LogP) is 2.58. The van der Waals surface area contributed by atoms with Gasteiger partial charge in [0.15, 0.2) is 0 Å². The summed E-state index contributed by atoms with van der Waals surface area (Å²) < 4.78 is 5.90. The molecule has 0 radical (unpaired) electrons. The van der Waals surface area contributed by atoms with Crippen molar-refractivity contribution in [2.45, 2.75) is 58.0 Å². The van der Waals surface area contributed by atoms with E-state index in [0.717, 1.165) is 57.7 Å². The first-order valence-electron chi connectivity index (χ1n) is 9.03. The molecule has 0 amide bonds. The van der Waals surface area contributed by atoms with Crippen LogP contribution in [0.5, 0.6) is 0 Å². The van der Waals surface area contributed by atoms with Gasteiger partial charge in [0.05, 0.1) is 6.10 Å². The zero-order chi connectivity index (χ0) is 16.1. The third-order valence-corrected chi connectivity index (χ3v) is 5.48. The summed E-state index contributed by atoms with van der Waals surface area (Å²) in [5.74, 6) is 0.822. The highest BCUT2D eigenvalue weighted by molar-refractivity contribution is 5.31. The summed E-state index contributed by atoms with van der Waals surface area (Å²) in [5.41, 5.74) is 1.19. The Morgan fingerprint density at radius 2 is 2.00 bits per heavy atom. The maximum absolute atomic E-state index is 9.99. The fourth-order valence-electron chi connectivity index (χ4n) is 3.75. The summed E-state index contributed by atoms with van der Waals surface area (Å²) in [6.45, 7) is 5.09. The summed E-state index contributed by atoms with van der Waals surface area (Å²) in [4.78, 5) is 11.2. The van der Waals surface area contributed by atoms with E-state index in [1.165, 1.54) is 18.4 Å². The Labute approximate surface area is 139 Å². The van der Waals surface area contributed by atoms with E-state index >= 15 is 0 Å². The van der Waals surface area contributed by atoms with Crippen LogP contribution in [0.2, 0.25) is 0 Å². The first-order chi connectivity index (χ1) is 11.2. The van der Waals surface area contributed by atoms with Crippen LogP contribution in [0.4, 0.5) is 5.95 Å². The second-order valence-electron chi connectivity index (χ2n) is 7.08. The van der Waals surface area contributed by atoms with Crippen molar-refractivity contribution in [3.8, 4) is 0 Å². The number of hydrogen-bond donors (Lipinski definition) is 1. The fraction of sp³-hybridized carbons (Fsp3) is 0.778. The molecule has 0 bridgehead atoms. The largest absolute Gasteiger partial charge is 0.396 e. The summed E-state index contributed by atoms with van der Waals surface area (Å²) in [7, 11) is 0. The number of piperidine rings is 1. The third kappa shape index (κ3) is 4.01. The Morgan fingerprint density at radius 1 is 1.26 bits per heavy atom. The van der Waals surface area contributed by atoms with Gasteiger partial charge in [-0.05, 0) is 55.9 Å². The molecule has 2 saturated heterocycles. The first-order valence-corrected chi connectivity index (χ1v) is 9.03. The Hall–Kier alpha value is -1.20. The van der Waals surface area contributed by atoms with E-state index in [4.69, 9.17) is 4.74 Å². The van der Waals surface area contributed by atoms with Gasteiger partial charge < -0.3 is 14.7 Å². The molecule has 0 aliphatic carbocycles. The van der Waals surface area contributed by atoms with Gasteiger partial charge in [0.1, 0.15) is 0 Å². The zero-order valence-corrected chi connectivity index (χ0v) is 14.2. The predicted molar refractivity (Wildman–Crippen MR) is 90.6 cm³/mol. The molecular formula is C18H29N3O2. The molecule has 128 valence electrons. The quantitative estimate of drug-likeness (QED) is 0.904. The maximum Gasteiger partial charge on any atom is 0.225 e. The van der Waals surface area contributed by atoms with E-state index in [1.54, 1.807) is 0 Å². The molecule has 23 heavy (non-hydrogen) atoms. The smallest absolute Gasteiger partial charge is 0.225 e. The average Bonchev–Trinajstić information content (AvgIpc) is 2.63. The Bertz CT molecular complexity index is 478. The molecule has 1 N–H and O–H groups in total. The SMILES string of the molecule is CCc1cnc(N2CCC(CO)(C[C@H]3CCCCO3)CC2)nc1. The number of aliphatic hydroxyl groups is 1. The van der Waals surface area contributed by atoms with Crippen molar-refractivity contribution in [3.63, 3.8) is 0 Å². The first kappa shape index (κ1) is 16.7. The van der Waals surface area contributed by atoms with Crippen LogP contribution in [0.3, 0.4) is 0 Å². The number of anilines is 1. The number of ether oxygens (including phenoxy) is 1. The Balaban J connectivity index is 1.58. The van der Waals surface area contributed by atoms with Crippen molar-refractivity contribution in [1.82, 2.24) is 9.97 Å². The van der Waals surface area contributed by atoms with Crippen molar-refractivity contribution >= 4 is 5.95 Å². The second kappa shape index (κ2) is 7.58. The van der Waals surface area contributed by atoms with Crippen molar-refractivity contribution < 1.29 is 9.84 Å². The molecule has 1 aromatic heterocycles. The van der Waals surface area contributed by atoms with Gasteiger partial charge in [-0.3, -0.25) is 0 Å². The highest BCUT2D eigenvalue weighted by Crippen LogP contribution is 2.38. The maximum atomic E-state index is 9.99. The van der Waals surface area contributed by atoms with Crippen LogP contribution in [0, 0.1) is 5.41 Å². The Kier molecular flexibility index (Phi) is 5.49. The molecule has 0 spiro atoms. The number of aliphatic hydroxyl groups excluding tert-OH is 1. The van der Waals surface area contributed by atoms with Gasteiger partial charge in [-0.15, -0.1) is 0 Å². The molecule has 2 aliphatic rings. The molecule has 3 heterocycles. The zero-order valence-electron chi connectivity index (χ0n) is 14.2. The summed E-state index contributed by atoms with van der Waals surface area (Å²) in [6, 6.07) is 0. The van der Waals surface area contributed by atoms with Gasteiger partial charge in [-0.1, -0.05) is 6.92 Å². The third-order valence-electron chi connectivity index (χ3n) is 5.48. The van der Waals surface area contributed by atoms with Crippen LogP contribution < -0.4 is 4.90 Å². The summed E-state index contributed by atoms with van der Waals surface area (Å²) >= 11 is 0. The Morgan fingerprint density at radius 3 is 2.57 bits per heavy atom. The standard InChI is InChI=1S/C18H29N3O2/c1-2-15-12-19-17(20-13-15)21-8-6-18(14-22,7-9-21)11-16-5-3-4-10-23-16/h12-13,16,22H,2-11,14H2,1H3/t16-/m1/s1. The van der Waals surface area contributed by atoms with Crippen LogP contribution in [0.25, 0.3) is 0 Å². The number of aryl methyl sites for hydroxylation is 1. The molecule has 5 nitrogen and oxygen atoms in total. The lowest BCUT2D eigenvalue weighted by Gasteiger charge is -2.43. The number of aromatic nitrogens is 2. The number of rotatable bonds is 5. The van der Waals surface area contributed by atoms with E-state index in [9.17, 15) is 5.11 Å². The molecule has 2 fully saturated rings. The highest BCUT2D eigenvalue weighted by Gasteiger charge is 2.37. The van der Waals surface area contributed by atoms with Crippen LogP contribution in [-0.2, 0) is 11.2 Å². The summed E-state index contributed by atoms with van der Waals surface area (Å²) in [6.07, 6.45) is 11.7. The minimum absolute atomic E-state index is 0.0157. The van der Waals surface area contributed by atoms with Crippen molar-refractivity contribution in [1.29, 1.82) is 0 Å². The molecular weight excluding hydrogens is 290 g/mol. The van der Waals surface area contributed by atoms with Crippen molar-refractivity contribution in [2.24, 2.45) is 5.41 Å². The van der Waals surface area contributed by atoms with Crippen LogP contribution >= 0.6 is 0 Å². The number of hydrogen-bond acceptors (Lipinski definition) is 5. The van der Waals surface area contributed by atoms with Crippen LogP contribution in [0.15, 0.2) is 12.4 Å². The van der Waals surface area contributed by atoms with E-state index < -0.39 is 0 Å². The average molecular weight is 319 g/mol. The van der Waals surface area contributed by atoms with Gasteiger partial charge in [-0.25, -0.2) is 9.97 Å². The second-order valence-corrected chi connectivity index (χ2v) is 7.08. The molecule has 0 unspecified atom stereocenters. The van der Waals surface area contributed by atoms with Crippen LogP contribution in [-0.4, -0.2) is 47.5 Å². The van der Waals surface area contributed by atoms with Crippen molar-refractivity contribution in [3.05, 3.63) is 18.0 Å². The van der Waals surface area contributed by atoms with E-state index in [1.807, 2.05) is 12.4 Å². The minimum Gasteiger partial charge on any atom is -0.396 e.